The summed E-state index contributed by atoms with van der Waals surface area (Å²) in [6.07, 6.45) is 0. The van der Waals surface area contributed by atoms with Crippen LogP contribution in [0.3, 0.4) is 0 Å². The molecule has 1 aromatic rings. The van der Waals surface area contributed by atoms with E-state index in [-0.39, 0.29) is 30.4 Å². The molecule has 0 fully saturated rings. The maximum absolute atomic E-state index is 11.9. The Balaban J connectivity index is 2.33. The molecule has 0 aliphatic carbocycles. The normalized spacial score (nSPS) is 11.4. The Labute approximate surface area is 137 Å². The van der Waals surface area contributed by atoms with Crippen molar-refractivity contribution in [2.75, 3.05) is 20.1 Å². The fourth-order valence-electron chi connectivity index (χ4n) is 1.91. The SMILES string of the molecule is CN(CC(=O)NCc1cccc(Cl)c1)CC(=O)NC(C)(C)C. The number of hydrogen-bond acceptors (Lipinski definition) is 3. The largest absolute Gasteiger partial charge is 0.351 e. The van der Waals surface area contributed by atoms with Crippen LogP contribution in [0, 0.1) is 0 Å². The Bertz CT molecular complexity index is 526. The number of carbonyl (C=O) groups is 2. The summed E-state index contributed by atoms with van der Waals surface area (Å²) in [6.45, 7) is 6.52. The number of likely N-dealkylation sites (N-methyl/N-ethyl adjacent to an activating group) is 1. The van der Waals surface area contributed by atoms with Gasteiger partial charge in [-0.25, -0.2) is 0 Å². The third-order valence-corrected chi connectivity index (χ3v) is 2.96. The van der Waals surface area contributed by atoms with Gasteiger partial charge in [-0.15, -0.1) is 0 Å². The van der Waals surface area contributed by atoms with Gasteiger partial charge in [-0.3, -0.25) is 14.5 Å². The second kappa shape index (κ2) is 8.15. The maximum Gasteiger partial charge on any atom is 0.234 e. The van der Waals surface area contributed by atoms with E-state index < -0.39 is 0 Å². The molecule has 22 heavy (non-hydrogen) atoms. The summed E-state index contributed by atoms with van der Waals surface area (Å²) < 4.78 is 0. The Morgan fingerprint density at radius 3 is 2.41 bits per heavy atom. The van der Waals surface area contributed by atoms with Gasteiger partial charge in [0.1, 0.15) is 0 Å². The first-order chi connectivity index (χ1) is 10.2. The third kappa shape index (κ3) is 8.00. The number of halogens is 1. The third-order valence-electron chi connectivity index (χ3n) is 2.72. The molecular formula is C16H24ClN3O2. The van der Waals surface area contributed by atoms with Crippen molar-refractivity contribution in [2.24, 2.45) is 0 Å². The lowest BCUT2D eigenvalue weighted by molar-refractivity contribution is -0.125. The van der Waals surface area contributed by atoms with Crippen molar-refractivity contribution >= 4 is 23.4 Å². The molecule has 1 aromatic carbocycles. The molecule has 0 saturated carbocycles. The standard InChI is InChI=1S/C16H24ClN3O2/c1-16(2,3)19-15(22)11-20(4)10-14(21)18-9-12-6-5-7-13(17)8-12/h5-8H,9-11H2,1-4H3,(H,18,21)(H,19,22). The summed E-state index contributed by atoms with van der Waals surface area (Å²) in [5.74, 6) is -0.233. The average Bonchev–Trinajstić information content (AvgIpc) is 2.33. The molecule has 2 amide bonds. The van der Waals surface area contributed by atoms with E-state index in [9.17, 15) is 9.59 Å². The molecule has 0 heterocycles. The lowest BCUT2D eigenvalue weighted by Gasteiger charge is -2.23. The van der Waals surface area contributed by atoms with Crippen molar-refractivity contribution in [1.29, 1.82) is 0 Å². The van der Waals surface area contributed by atoms with Crippen LogP contribution in [-0.4, -0.2) is 42.4 Å². The lowest BCUT2D eigenvalue weighted by atomic mass is 10.1. The number of rotatable bonds is 6. The van der Waals surface area contributed by atoms with Gasteiger partial charge in [0.05, 0.1) is 13.1 Å². The highest BCUT2D eigenvalue weighted by Gasteiger charge is 2.16. The molecule has 1 rings (SSSR count). The minimum absolute atomic E-state index is 0.0994. The lowest BCUT2D eigenvalue weighted by Crippen LogP contribution is -2.46. The van der Waals surface area contributed by atoms with E-state index in [2.05, 4.69) is 10.6 Å². The zero-order valence-electron chi connectivity index (χ0n) is 13.6. The van der Waals surface area contributed by atoms with E-state index in [1.165, 1.54) is 0 Å². The molecule has 0 radical (unpaired) electrons. The van der Waals surface area contributed by atoms with Gasteiger partial charge in [0, 0.05) is 17.1 Å². The second-order valence-electron chi connectivity index (χ2n) is 6.38. The van der Waals surface area contributed by atoms with Crippen LogP contribution in [0.1, 0.15) is 26.3 Å². The highest BCUT2D eigenvalue weighted by molar-refractivity contribution is 6.30. The molecule has 5 nitrogen and oxygen atoms in total. The fourth-order valence-corrected chi connectivity index (χ4v) is 2.12. The van der Waals surface area contributed by atoms with E-state index in [4.69, 9.17) is 11.6 Å². The molecule has 0 atom stereocenters. The van der Waals surface area contributed by atoms with Crippen LogP contribution in [0.5, 0.6) is 0 Å². The minimum atomic E-state index is -0.271. The van der Waals surface area contributed by atoms with Gasteiger partial charge in [0.15, 0.2) is 0 Å². The van der Waals surface area contributed by atoms with E-state index >= 15 is 0 Å². The van der Waals surface area contributed by atoms with Crippen molar-refractivity contribution in [3.05, 3.63) is 34.9 Å². The smallest absolute Gasteiger partial charge is 0.234 e. The molecule has 0 aromatic heterocycles. The van der Waals surface area contributed by atoms with Crippen LogP contribution < -0.4 is 10.6 Å². The van der Waals surface area contributed by atoms with E-state index in [1.54, 1.807) is 18.0 Å². The fraction of sp³-hybridized carbons (Fsp3) is 0.500. The highest BCUT2D eigenvalue weighted by atomic mass is 35.5. The number of carbonyl (C=O) groups excluding carboxylic acids is 2. The quantitative estimate of drug-likeness (QED) is 0.838. The van der Waals surface area contributed by atoms with Crippen LogP contribution in [-0.2, 0) is 16.1 Å². The average molecular weight is 326 g/mol. The molecule has 0 bridgehead atoms. The highest BCUT2D eigenvalue weighted by Crippen LogP contribution is 2.10. The van der Waals surface area contributed by atoms with E-state index in [0.29, 0.717) is 11.6 Å². The van der Waals surface area contributed by atoms with Gasteiger partial charge >= 0.3 is 0 Å². The Kier molecular flexibility index (Phi) is 6.84. The van der Waals surface area contributed by atoms with Gasteiger partial charge in [0.2, 0.25) is 11.8 Å². The predicted molar refractivity (Wildman–Crippen MR) is 88.7 cm³/mol. The monoisotopic (exact) mass is 325 g/mol. The summed E-state index contributed by atoms with van der Waals surface area (Å²) in [5, 5.41) is 6.31. The molecule has 0 saturated heterocycles. The molecule has 0 aliphatic rings. The molecule has 6 heteroatoms. The number of amides is 2. The number of nitrogens with zero attached hydrogens (tertiary/aromatic N) is 1. The second-order valence-corrected chi connectivity index (χ2v) is 6.81. The summed E-state index contributed by atoms with van der Waals surface area (Å²) in [6, 6.07) is 7.33. The molecular weight excluding hydrogens is 302 g/mol. The van der Waals surface area contributed by atoms with Crippen molar-refractivity contribution in [3.63, 3.8) is 0 Å². The Morgan fingerprint density at radius 2 is 1.82 bits per heavy atom. The molecule has 0 aliphatic heterocycles. The van der Waals surface area contributed by atoms with Gasteiger partial charge in [-0.2, -0.15) is 0 Å². The minimum Gasteiger partial charge on any atom is -0.351 e. The first-order valence-electron chi connectivity index (χ1n) is 7.16. The molecule has 0 spiro atoms. The number of benzene rings is 1. The molecule has 2 N–H and O–H groups in total. The van der Waals surface area contributed by atoms with Gasteiger partial charge in [0.25, 0.3) is 0 Å². The maximum atomic E-state index is 11.9. The van der Waals surface area contributed by atoms with Crippen LogP contribution in [0.2, 0.25) is 5.02 Å². The van der Waals surface area contributed by atoms with Crippen LogP contribution in [0.4, 0.5) is 0 Å². The number of hydrogen-bond donors (Lipinski definition) is 2. The van der Waals surface area contributed by atoms with Gasteiger partial charge < -0.3 is 10.6 Å². The molecule has 122 valence electrons. The van der Waals surface area contributed by atoms with E-state index in [0.717, 1.165) is 5.56 Å². The topological polar surface area (TPSA) is 61.4 Å². The molecule has 0 unspecified atom stereocenters. The van der Waals surface area contributed by atoms with Crippen LogP contribution >= 0.6 is 11.6 Å². The van der Waals surface area contributed by atoms with Crippen molar-refractivity contribution in [3.8, 4) is 0 Å². The summed E-state index contributed by atoms with van der Waals surface area (Å²) in [5.41, 5.74) is 0.668. The van der Waals surface area contributed by atoms with Crippen LogP contribution in [0.15, 0.2) is 24.3 Å². The van der Waals surface area contributed by atoms with Gasteiger partial charge in [-0.05, 0) is 45.5 Å². The van der Waals surface area contributed by atoms with E-state index in [1.807, 2.05) is 39.0 Å². The zero-order chi connectivity index (χ0) is 16.8. The van der Waals surface area contributed by atoms with Crippen LogP contribution in [0.25, 0.3) is 0 Å². The van der Waals surface area contributed by atoms with Crippen molar-refractivity contribution in [1.82, 2.24) is 15.5 Å². The summed E-state index contributed by atoms with van der Waals surface area (Å²) >= 11 is 5.89. The number of nitrogens with one attached hydrogen (secondary N) is 2. The van der Waals surface area contributed by atoms with Crippen molar-refractivity contribution < 1.29 is 9.59 Å². The van der Waals surface area contributed by atoms with Crippen molar-refractivity contribution in [2.45, 2.75) is 32.9 Å². The first kappa shape index (κ1) is 18.5. The summed E-state index contributed by atoms with van der Waals surface area (Å²) in [7, 11) is 1.74. The zero-order valence-corrected chi connectivity index (χ0v) is 14.3. The predicted octanol–water partition coefficient (Wildman–Crippen LogP) is 1.80. The van der Waals surface area contributed by atoms with Gasteiger partial charge in [-0.1, -0.05) is 23.7 Å². The summed E-state index contributed by atoms with van der Waals surface area (Å²) in [4.78, 5) is 25.3. The Hall–Kier alpha value is -1.59. The first-order valence-corrected chi connectivity index (χ1v) is 7.54. The Morgan fingerprint density at radius 1 is 1.18 bits per heavy atom.